The van der Waals surface area contributed by atoms with Gasteiger partial charge in [0, 0.05) is 30.8 Å². The number of hydrazine groups is 2. The van der Waals surface area contributed by atoms with Gasteiger partial charge in [0.2, 0.25) is 11.8 Å². The van der Waals surface area contributed by atoms with E-state index >= 15 is 0 Å². The third kappa shape index (κ3) is 5.74. The lowest BCUT2D eigenvalue weighted by atomic mass is 9.85. The van der Waals surface area contributed by atoms with E-state index in [1.165, 1.54) is 16.0 Å². The maximum Gasteiger partial charge on any atom is 0.248 e. The molecule has 9 nitrogen and oxygen atoms in total. The lowest BCUT2D eigenvalue weighted by molar-refractivity contribution is -0.146. The molecule has 0 radical (unpaired) electrons. The summed E-state index contributed by atoms with van der Waals surface area (Å²) in [7, 11) is 0. The SMILES string of the molecule is Cc1ncsc1-c1ccc2c(c1)CCCC[C@@H]2NC(=O)[C@@H]1C[C@@H](O)CN1C(=O)[C@@H](N1C=C(C2CC2)NN1)C(C)(C)C. The number of nitrogens with one attached hydrogen (secondary N) is 3. The van der Waals surface area contributed by atoms with E-state index < -0.39 is 23.6 Å². The standard InChI is InChI=1S/C31H42N6O3S/c1-18-27(41-17-32-18)21-11-12-23-20(13-21)7-5-6-8-24(23)33-29(39)26-14-22(38)15-36(26)30(40)28(31(2,3)4)37-16-25(34-35-37)19-9-10-19/h11-13,16-17,19,22,24,26,28,34-35,38H,5-10,14-15H2,1-4H3,(H,33,39)/t22-,24+,26+,28-/m1/s1. The van der Waals surface area contributed by atoms with Crippen LogP contribution < -0.4 is 16.3 Å². The predicted octanol–water partition coefficient (Wildman–Crippen LogP) is 3.95. The Bertz CT molecular complexity index is 1350. The van der Waals surface area contributed by atoms with Gasteiger partial charge in [-0.25, -0.2) is 4.98 Å². The summed E-state index contributed by atoms with van der Waals surface area (Å²) >= 11 is 1.65. The molecule has 2 aliphatic carbocycles. The normalized spacial score (nSPS) is 25.3. The number of likely N-dealkylation sites (tertiary alicyclic amines) is 1. The van der Waals surface area contributed by atoms with E-state index in [0.29, 0.717) is 5.92 Å². The predicted molar refractivity (Wildman–Crippen MR) is 159 cm³/mol. The van der Waals surface area contributed by atoms with Crippen LogP contribution in [0.3, 0.4) is 0 Å². The van der Waals surface area contributed by atoms with Crippen LogP contribution in [0.1, 0.15) is 82.2 Å². The molecule has 1 saturated heterocycles. The summed E-state index contributed by atoms with van der Waals surface area (Å²) in [6.07, 6.45) is 7.72. The fourth-order valence-electron chi connectivity index (χ4n) is 6.57. The number of benzene rings is 1. The number of β-amino-alcohol motifs (C(OH)–C–C–N with tert-alkyl or cyclic N) is 1. The molecular weight excluding hydrogens is 536 g/mol. The second-order valence-electron chi connectivity index (χ2n) is 13.2. The smallest absolute Gasteiger partial charge is 0.248 e. The molecule has 0 unspecified atom stereocenters. The number of amides is 2. The zero-order valence-electron chi connectivity index (χ0n) is 24.4. The largest absolute Gasteiger partial charge is 0.391 e. The molecule has 0 spiro atoms. The Hall–Kier alpha value is -2.95. The molecule has 2 amide bonds. The van der Waals surface area contributed by atoms with Gasteiger partial charge in [-0.1, -0.05) is 39.3 Å². The summed E-state index contributed by atoms with van der Waals surface area (Å²) in [5, 5.41) is 15.8. The van der Waals surface area contributed by atoms with Crippen molar-refractivity contribution < 1.29 is 14.7 Å². The molecule has 4 N–H and O–H groups in total. The van der Waals surface area contributed by atoms with E-state index in [4.69, 9.17) is 0 Å². The molecule has 3 heterocycles. The molecule has 2 aliphatic heterocycles. The van der Waals surface area contributed by atoms with Gasteiger partial charge in [0.05, 0.1) is 28.2 Å². The summed E-state index contributed by atoms with van der Waals surface area (Å²) in [5.74, 6) is 0.173. The fourth-order valence-corrected chi connectivity index (χ4v) is 7.38. The second kappa shape index (κ2) is 11.0. The highest BCUT2D eigenvalue weighted by Gasteiger charge is 2.47. The Balaban J connectivity index is 1.21. The lowest BCUT2D eigenvalue weighted by Crippen LogP contribution is -2.59. The minimum absolute atomic E-state index is 0.127. The molecule has 4 aliphatic rings. The minimum atomic E-state index is -0.732. The Morgan fingerprint density at radius 1 is 1.20 bits per heavy atom. The van der Waals surface area contributed by atoms with Gasteiger partial charge in [-0.3, -0.25) is 14.6 Å². The summed E-state index contributed by atoms with van der Waals surface area (Å²) in [6, 6.07) is 5.16. The molecule has 220 valence electrons. The summed E-state index contributed by atoms with van der Waals surface area (Å²) in [6.45, 7) is 8.29. The molecular formula is C31H42N6O3S. The Morgan fingerprint density at radius 2 is 2.00 bits per heavy atom. The summed E-state index contributed by atoms with van der Waals surface area (Å²) in [5.41, 5.74) is 13.6. The van der Waals surface area contributed by atoms with Gasteiger partial charge in [0.15, 0.2) is 0 Å². The highest BCUT2D eigenvalue weighted by Crippen LogP contribution is 2.38. The van der Waals surface area contributed by atoms with Crippen LogP contribution in [0.5, 0.6) is 0 Å². The van der Waals surface area contributed by atoms with E-state index in [1.54, 1.807) is 16.2 Å². The van der Waals surface area contributed by atoms with E-state index in [0.717, 1.165) is 55.5 Å². The van der Waals surface area contributed by atoms with Crippen LogP contribution in [0.15, 0.2) is 35.6 Å². The maximum absolute atomic E-state index is 14.1. The zero-order valence-corrected chi connectivity index (χ0v) is 25.3. The number of fused-ring (bicyclic) bond motifs is 1. The van der Waals surface area contributed by atoms with Crippen molar-refractivity contribution in [3.05, 3.63) is 52.4 Å². The number of nitrogens with zero attached hydrogens (tertiary/aromatic N) is 3. The summed E-state index contributed by atoms with van der Waals surface area (Å²) in [4.78, 5) is 35.2. The minimum Gasteiger partial charge on any atom is -0.391 e. The first-order valence-electron chi connectivity index (χ1n) is 14.9. The Morgan fingerprint density at radius 3 is 2.71 bits per heavy atom. The highest BCUT2D eigenvalue weighted by atomic mass is 32.1. The first-order chi connectivity index (χ1) is 19.6. The number of aliphatic hydroxyl groups excluding tert-OH is 1. The van der Waals surface area contributed by atoms with Crippen LogP contribution in [0, 0.1) is 18.3 Å². The molecule has 1 aromatic carbocycles. The van der Waals surface area contributed by atoms with Gasteiger partial charge in [-0.15, -0.1) is 16.9 Å². The van der Waals surface area contributed by atoms with Crippen molar-refractivity contribution in [2.75, 3.05) is 6.54 Å². The van der Waals surface area contributed by atoms with Gasteiger partial charge in [-0.05, 0) is 67.2 Å². The fraction of sp³-hybridized carbons (Fsp3) is 0.581. The van der Waals surface area contributed by atoms with Gasteiger partial charge in [0.25, 0.3) is 0 Å². The number of thiazole rings is 1. The van der Waals surface area contributed by atoms with Crippen molar-refractivity contribution in [1.29, 1.82) is 0 Å². The zero-order chi connectivity index (χ0) is 28.9. The van der Waals surface area contributed by atoms with Crippen molar-refractivity contribution >= 4 is 23.2 Å². The van der Waals surface area contributed by atoms with E-state index in [9.17, 15) is 14.7 Å². The average Bonchev–Trinajstić information content (AvgIpc) is 3.37. The highest BCUT2D eigenvalue weighted by molar-refractivity contribution is 7.13. The van der Waals surface area contributed by atoms with Crippen LogP contribution in [0.4, 0.5) is 0 Å². The van der Waals surface area contributed by atoms with Crippen LogP contribution >= 0.6 is 11.3 Å². The second-order valence-corrected chi connectivity index (χ2v) is 14.0. The van der Waals surface area contributed by atoms with Crippen LogP contribution in [0.2, 0.25) is 0 Å². The van der Waals surface area contributed by atoms with E-state index in [2.05, 4.69) is 39.5 Å². The van der Waals surface area contributed by atoms with Gasteiger partial charge in [0.1, 0.15) is 12.1 Å². The van der Waals surface area contributed by atoms with Gasteiger partial charge in [-0.2, -0.15) is 0 Å². The van der Waals surface area contributed by atoms with Crippen molar-refractivity contribution in [3.63, 3.8) is 0 Å². The monoisotopic (exact) mass is 578 g/mol. The van der Waals surface area contributed by atoms with E-state index in [-0.39, 0.29) is 30.8 Å². The van der Waals surface area contributed by atoms with Crippen LogP contribution in [-0.2, 0) is 16.0 Å². The topological polar surface area (TPSA) is 110 Å². The molecule has 1 saturated carbocycles. The van der Waals surface area contributed by atoms with Crippen molar-refractivity contribution in [3.8, 4) is 10.4 Å². The maximum atomic E-state index is 14.1. The van der Waals surface area contributed by atoms with Crippen molar-refractivity contribution in [1.82, 2.24) is 31.2 Å². The number of carbonyl (C=O) groups is 2. The lowest BCUT2D eigenvalue weighted by Gasteiger charge is -2.39. The van der Waals surface area contributed by atoms with Crippen LogP contribution in [-0.4, -0.2) is 56.5 Å². The quantitative estimate of drug-likeness (QED) is 0.384. The molecule has 0 bridgehead atoms. The molecule has 2 aromatic rings. The average molecular weight is 579 g/mol. The number of aliphatic hydroxyl groups is 1. The van der Waals surface area contributed by atoms with Gasteiger partial charge < -0.3 is 20.7 Å². The number of hydrogen-bond donors (Lipinski definition) is 4. The summed E-state index contributed by atoms with van der Waals surface area (Å²) < 4.78 is 0. The Labute approximate surface area is 246 Å². The number of carbonyl (C=O) groups excluding carboxylic acids is 2. The third-order valence-electron chi connectivity index (χ3n) is 8.85. The number of allylic oxidation sites excluding steroid dienone is 1. The molecule has 10 heteroatoms. The first kappa shape index (κ1) is 28.2. The molecule has 2 fully saturated rings. The van der Waals surface area contributed by atoms with Crippen molar-refractivity contribution in [2.45, 2.75) is 96.9 Å². The number of rotatable bonds is 6. The Kier molecular flexibility index (Phi) is 7.59. The van der Waals surface area contributed by atoms with E-state index in [1.807, 2.05) is 44.4 Å². The third-order valence-corrected chi connectivity index (χ3v) is 9.83. The molecule has 4 atom stereocenters. The number of aryl methyl sites for hydroxylation is 2. The van der Waals surface area contributed by atoms with Crippen LogP contribution in [0.25, 0.3) is 10.4 Å². The van der Waals surface area contributed by atoms with Crippen molar-refractivity contribution in [2.24, 2.45) is 11.3 Å². The number of aromatic nitrogens is 1. The molecule has 6 rings (SSSR count). The molecule has 1 aromatic heterocycles. The number of hydrogen-bond acceptors (Lipinski definition) is 8. The van der Waals surface area contributed by atoms with Gasteiger partial charge >= 0.3 is 0 Å². The molecule has 41 heavy (non-hydrogen) atoms. The first-order valence-corrected chi connectivity index (χ1v) is 15.8.